The Hall–Kier alpha value is -2.09. The van der Waals surface area contributed by atoms with Gasteiger partial charge in [-0.2, -0.15) is 0 Å². The summed E-state index contributed by atoms with van der Waals surface area (Å²) in [5, 5.41) is 0. The highest BCUT2D eigenvalue weighted by atomic mass is 16.2. The van der Waals surface area contributed by atoms with Gasteiger partial charge in [-0.15, -0.1) is 0 Å². The molecule has 2 heteroatoms. The Labute approximate surface area is 165 Å². The fraction of sp³-hybridized carbons (Fsp3) is 0.480. The molecule has 27 heavy (non-hydrogen) atoms. The molecule has 0 aliphatic heterocycles. The molecule has 0 saturated heterocycles. The number of carbonyl (C=O) groups excluding carboxylic acids is 1. The summed E-state index contributed by atoms with van der Waals surface area (Å²) in [7, 11) is 0. The van der Waals surface area contributed by atoms with Gasteiger partial charge in [0, 0.05) is 17.3 Å². The third kappa shape index (κ3) is 5.69. The minimum Gasteiger partial charge on any atom is -0.281 e. The molecule has 0 heterocycles. The molecule has 0 saturated carbocycles. The Morgan fingerprint density at radius 2 is 1.15 bits per heavy atom. The lowest BCUT2D eigenvalue weighted by Gasteiger charge is -2.38. The highest BCUT2D eigenvalue weighted by Gasteiger charge is 2.38. The molecular formula is C25H35NO. The van der Waals surface area contributed by atoms with E-state index in [1.807, 2.05) is 29.2 Å². The predicted octanol–water partition coefficient (Wildman–Crippen LogP) is 7.07. The first-order chi connectivity index (χ1) is 12.4. The first-order valence-electron chi connectivity index (χ1n) is 9.86. The monoisotopic (exact) mass is 365 g/mol. The number of amides is 1. The van der Waals surface area contributed by atoms with E-state index >= 15 is 0 Å². The third-order valence-electron chi connectivity index (χ3n) is 4.96. The van der Waals surface area contributed by atoms with Crippen molar-refractivity contribution < 1.29 is 4.79 Å². The van der Waals surface area contributed by atoms with Crippen molar-refractivity contribution >= 4 is 17.3 Å². The van der Waals surface area contributed by atoms with Crippen LogP contribution in [0.15, 0.2) is 48.5 Å². The quantitative estimate of drug-likeness (QED) is 0.567. The molecule has 0 aromatic heterocycles. The fourth-order valence-corrected chi connectivity index (χ4v) is 3.32. The van der Waals surface area contributed by atoms with E-state index in [4.69, 9.17) is 0 Å². The molecule has 2 aromatic rings. The van der Waals surface area contributed by atoms with Gasteiger partial charge in [0.1, 0.15) is 0 Å². The molecule has 0 aliphatic carbocycles. The Balaban J connectivity index is 2.55. The number of hydrogen-bond donors (Lipinski definition) is 0. The summed E-state index contributed by atoms with van der Waals surface area (Å²) in [6, 6.07) is 16.5. The first kappa shape index (κ1) is 21.2. The van der Waals surface area contributed by atoms with Crippen molar-refractivity contribution in [3.63, 3.8) is 0 Å². The van der Waals surface area contributed by atoms with Crippen molar-refractivity contribution in [1.29, 1.82) is 0 Å². The van der Waals surface area contributed by atoms with Crippen LogP contribution in [0.25, 0.3) is 0 Å². The topological polar surface area (TPSA) is 20.3 Å². The molecule has 0 bridgehead atoms. The van der Waals surface area contributed by atoms with Crippen LogP contribution in [0.5, 0.6) is 0 Å². The molecule has 0 spiro atoms. The Kier molecular flexibility index (Phi) is 6.19. The molecule has 0 N–H and O–H groups in total. The Morgan fingerprint density at radius 3 is 1.44 bits per heavy atom. The first-order valence-corrected chi connectivity index (χ1v) is 9.86. The molecule has 0 radical (unpaired) electrons. The zero-order valence-electron chi connectivity index (χ0n) is 18.3. The van der Waals surface area contributed by atoms with Gasteiger partial charge < -0.3 is 0 Å². The highest BCUT2D eigenvalue weighted by molar-refractivity contribution is 6.02. The molecule has 2 aromatic carbocycles. The summed E-state index contributed by atoms with van der Waals surface area (Å²) in [5.74, 6) is 0.102. The molecule has 1 atom stereocenters. The van der Waals surface area contributed by atoms with Crippen LogP contribution in [0.1, 0.15) is 59.1 Å². The SMILES string of the molecule is Cc1ccc(N(C(=O)C(CC(C)(C)C)C(C)(C)C)c2ccc(C)cc2)cc1. The third-order valence-corrected chi connectivity index (χ3v) is 4.96. The normalized spacial score (nSPS) is 13.3. The summed E-state index contributed by atoms with van der Waals surface area (Å²) >= 11 is 0. The highest BCUT2D eigenvalue weighted by Crippen LogP contribution is 2.40. The van der Waals surface area contributed by atoms with E-state index in [0.717, 1.165) is 17.8 Å². The van der Waals surface area contributed by atoms with Crippen LogP contribution < -0.4 is 4.90 Å². The zero-order chi connectivity index (χ0) is 20.4. The average molecular weight is 366 g/mol. The van der Waals surface area contributed by atoms with Crippen LogP contribution in [0, 0.1) is 30.6 Å². The van der Waals surface area contributed by atoms with Crippen molar-refractivity contribution in [3.05, 3.63) is 59.7 Å². The maximum absolute atomic E-state index is 13.9. The van der Waals surface area contributed by atoms with Crippen LogP contribution in [-0.4, -0.2) is 5.91 Å². The number of carbonyl (C=O) groups is 1. The molecule has 1 unspecified atom stereocenters. The summed E-state index contributed by atoms with van der Waals surface area (Å²) in [6.07, 6.45) is 0.851. The maximum atomic E-state index is 13.9. The van der Waals surface area contributed by atoms with Crippen molar-refractivity contribution in [3.8, 4) is 0 Å². The van der Waals surface area contributed by atoms with Gasteiger partial charge in [0.2, 0.25) is 5.91 Å². The Morgan fingerprint density at radius 1 is 0.778 bits per heavy atom. The predicted molar refractivity (Wildman–Crippen MR) is 117 cm³/mol. The van der Waals surface area contributed by atoms with Gasteiger partial charge in [0.05, 0.1) is 0 Å². The van der Waals surface area contributed by atoms with E-state index < -0.39 is 0 Å². The number of benzene rings is 2. The minimum absolute atomic E-state index is 0.0693. The standard InChI is InChI=1S/C25H35NO/c1-18-9-13-20(14-10-18)26(21-15-11-19(2)12-16-21)23(27)22(25(6,7)8)17-24(3,4)5/h9-16,22H,17H2,1-8H3. The van der Waals surface area contributed by atoms with Gasteiger partial charge >= 0.3 is 0 Å². The van der Waals surface area contributed by atoms with E-state index in [9.17, 15) is 4.79 Å². The second kappa shape index (κ2) is 7.88. The second-order valence-electron chi connectivity index (χ2n) is 10.0. The molecule has 146 valence electrons. The van der Waals surface area contributed by atoms with Crippen molar-refractivity contribution in [2.24, 2.45) is 16.7 Å². The van der Waals surface area contributed by atoms with Crippen molar-refractivity contribution in [2.45, 2.75) is 61.8 Å². The lowest BCUT2D eigenvalue weighted by Crippen LogP contribution is -2.41. The van der Waals surface area contributed by atoms with Gasteiger partial charge in [-0.25, -0.2) is 0 Å². The van der Waals surface area contributed by atoms with Crippen LogP contribution in [0.4, 0.5) is 11.4 Å². The molecule has 1 amide bonds. The number of aryl methyl sites for hydroxylation is 2. The lowest BCUT2D eigenvalue weighted by molar-refractivity contribution is -0.126. The van der Waals surface area contributed by atoms with Gasteiger partial charge in [-0.3, -0.25) is 9.69 Å². The largest absolute Gasteiger partial charge is 0.281 e. The molecule has 0 aliphatic rings. The number of rotatable bonds is 4. The van der Waals surface area contributed by atoms with Crippen molar-refractivity contribution in [1.82, 2.24) is 0 Å². The van der Waals surface area contributed by atoms with E-state index in [0.29, 0.717) is 0 Å². The van der Waals surface area contributed by atoms with E-state index in [-0.39, 0.29) is 22.7 Å². The van der Waals surface area contributed by atoms with E-state index in [1.54, 1.807) is 0 Å². The van der Waals surface area contributed by atoms with Gasteiger partial charge in [0.25, 0.3) is 0 Å². The zero-order valence-corrected chi connectivity index (χ0v) is 18.3. The fourth-order valence-electron chi connectivity index (χ4n) is 3.32. The molecule has 0 fully saturated rings. The minimum atomic E-state index is -0.113. The van der Waals surface area contributed by atoms with E-state index in [1.165, 1.54) is 11.1 Å². The summed E-state index contributed by atoms with van der Waals surface area (Å²) in [6.45, 7) is 17.3. The van der Waals surface area contributed by atoms with Gasteiger partial charge in [-0.1, -0.05) is 76.9 Å². The molecule has 2 nitrogen and oxygen atoms in total. The van der Waals surface area contributed by atoms with Crippen LogP contribution in [0.2, 0.25) is 0 Å². The number of nitrogens with zero attached hydrogens (tertiary/aromatic N) is 1. The number of anilines is 2. The number of hydrogen-bond acceptors (Lipinski definition) is 1. The van der Waals surface area contributed by atoms with E-state index in [2.05, 4.69) is 79.7 Å². The molecular weight excluding hydrogens is 330 g/mol. The maximum Gasteiger partial charge on any atom is 0.235 e. The Bertz CT molecular complexity index is 712. The lowest BCUT2D eigenvalue weighted by atomic mass is 9.71. The van der Waals surface area contributed by atoms with Crippen LogP contribution in [-0.2, 0) is 4.79 Å². The second-order valence-corrected chi connectivity index (χ2v) is 10.0. The van der Waals surface area contributed by atoms with Gasteiger partial charge in [0.15, 0.2) is 0 Å². The summed E-state index contributed by atoms with van der Waals surface area (Å²) in [4.78, 5) is 15.8. The molecule has 2 rings (SSSR count). The summed E-state index contributed by atoms with van der Waals surface area (Å²) < 4.78 is 0. The van der Waals surface area contributed by atoms with Gasteiger partial charge in [-0.05, 0) is 55.4 Å². The van der Waals surface area contributed by atoms with Crippen LogP contribution >= 0.6 is 0 Å². The smallest absolute Gasteiger partial charge is 0.235 e. The van der Waals surface area contributed by atoms with Crippen molar-refractivity contribution in [2.75, 3.05) is 4.90 Å². The van der Waals surface area contributed by atoms with Crippen LogP contribution in [0.3, 0.4) is 0 Å². The average Bonchev–Trinajstić information content (AvgIpc) is 2.54. The summed E-state index contributed by atoms with van der Waals surface area (Å²) in [5.41, 5.74) is 4.21.